The molecule has 1 aliphatic heterocycles. The Balaban J connectivity index is 2.54. The molecule has 1 N–H and O–H groups in total. The fourth-order valence-corrected chi connectivity index (χ4v) is 2.34. The monoisotopic (exact) mass is 252 g/mol. The maximum absolute atomic E-state index is 12.1. The lowest BCUT2D eigenvalue weighted by atomic mass is 9.90. The number of piperidine rings is 1. The molecular formula is C11H19F3N2O. The van der Waals surface area contributed by atoms with Crippen molar-refractivity contribution in [1.29, 1.82) is 0 Å². The van der Waals surface area contributed by atoms with E-state index in [1.54, 1.807) is 0 Å². The third-order valence-electron chi connectivity index (χ3n) is 3.33. The second kappa shape index (κ2) is 5.71. The quantitative estimate of drug-likeness (QED) is 0.830. The molecule has 2 atom stereocenters. The van der Waals surface area contributed by atoms with Crippen LogP contribution in [0.1, 0.15) is 26.2 Å². The van der Waals surface area contributed by atoms with Gasteiger partial charge in [-0.3, -0.25) is 4.79 Å². The summed E-state index contributed by atoms with van der Waals surface area (Å²) >= 11 is 0. The summed E-state index contributed by atoms with van der Waals surface area (Å²) < 4.78 is 36.4. The molecule has 100 valence electrons. The molecule has 1 amide bonds. The molecule has 2 unspecified atom stereocenters. The highest BCUT2D eigenvalue weighted by atomic mass is 19.4. The summed E-state index contributed by atoms with van der Waals surface area (Å²) in [6.45, 7) is 2.83. The topological polar surface area (TPSA) is 32.3 Å². The Bertz CT molecular complexity index is 268. The minimum absolute atomic E-state index is 0.242. The van der Waals surface area contributed by atoms with E-state index in [4.69, 9.17) is 0 Å². The van der Waals surface area contributed by atoms with Gasteiger partial charge in [0, 0.05) is 19.1 Å². The summed E-state index contributed by atoms with van der Waals surface area (Å²) in [6, 6.07) is 0.301. The summed E-state index contributed by atoms with van der Waals surface area (Å²) in [5.74, 6) is -0.559. The van der Waals surface area contributed by atoms with Gasteiger partial charge < -0.3 is 10.2 Å². The van der Waals surface area contributed by atoms with Crippen LogP contribution in [-0.4, -0.2) is 43.2 Å². The summed E-state index contributed by atoms with van der Waals surface area (Å²) in [4.78, 5) is 12.8. The molecule has 1 heterocycles. The van der Waals surface area contributed by atoms with Crippen LogP contribution in [0.4, 0.5) is 13.2 Å². The van der Waals surface area contributed by atoms with Crippen molar-refractivity contribution in [3.05, 3.63) is 0 Å². The highest BCUT2D eigenvalue weighted by molar-refractivity contribution is 5.77. The number of nitrogens with one attached hydrogen (secondary N) is 1. The van der Waals surface area contributed by atoms with E-state index in [1.165, 1.54) is 4.90 Å². The Morgan fingerprint density at radius 1 is 1.47 bits per heavy atom. The van der Waals surface area contributed by atoms with Crippen LogP contribution < -0.4 is 5.32 Å². The maximum Gasteiger partial charge on any atom is 0.397 e. The van der Waals surface area contributed by atoms with Gasteiger partial charge in [0.25, 0.3) is 0 Å². The average Bonchev–Trinajstić information content (AvgIpc) is 2.25. The van der Waals surface area contributed by atoms with Gasteiger partial charge in [0.2, 0.25) is 5.91 Å². The fraction of sp³-hybridized carbons (Fsp3) is 0.909. The van der Waals surface area contributed by atoms with E-state index >= 15 is 0 Å². The fourth-order valence-electron chi connectivity index (χ4n) is 2.34. The minimum atomic E-state index is -4.40. The number of carbonyl (C=O) groups excluding carboxylic acids is 1. The van der Waals surface area contributed by atoms with E-state index in [0.717, 1.165) is 12.8 Å². The van der Waals surface area contributed by atoms with E-state index < -0.39 is 18.5 Å². The predicted molar refractivity (Wildman–Crippen MR) is 58.5 cm³/mol. The summed E-state index contributed by atoms with van der Waals surface area (Å²) in [5.41, 5.74) is 0. The molecule has 0 radical (unpaired) electrons. The number of alkyl halides is 3. The molecule has 0 aromatic heterocycles. The van der Waals surface area contributed by atoms with Gasteiger partial charge in [-0.1, -0.05) is 13.3 Å². The number of halogens is 3. The molecule has 1 fully saturated rings. The van der Waals surface area contributed by atoms with Crippen LogP contribution in [0.25, 0.3) is 0 Å². The summed E-state index contributed by atoms with van der Waals surface area (Å²) in [5, 5.41) is 3.15. The van der Waals surface area contributed by atoms with Crippen molar-refractivity contribution in [2.75, 3.05) is 20.1 Å². The van der Waals surface area contributed by atoms with Crippen LogP contribution in [0.3, 0.4) is 0 Å². The highest BCUT2D eigenvalue weighted by Gasteiger charge is 2.36. The highest BCUT2D eigenvalue weighted by Crippen LogP contribution is 2.24. The van der Waals surface area contributed by atoms with Gasteiger partial charge in [-0.25, -0.2) is 0 Å². The molecule has 1 aliphatic rings. The number of likely N-dealkylation sites (tertiary alicyclic amines) is 1. The average molecular weight is 252 g/mol. The summed E-state index contributed by atoms with van der Waals surface area (Å²) in [7, 11) is 1.85. The van der Waals surface area contributed by atoms with Crippen LogP contribution in [0, 0.1) is 5.92 Å². The number of carbonyl (C=O) groups is 1. The number of rotatable bonds is 3. The van der Waals surface area contributed by atoms with Gasteiger partial charge in [0.05, 0.1) is 0 Å². The number of hydrogen-bond donors (Lipinski definition) is 1. The zero-order chi connectivity index (χ0) is 13.1. The van der Waals surface area contributed by atoms with Gasteiger partial charge in [-0.2, -0.15) is 13.2 Å². The Hall–Kier alpha value is -0.780. The van der Waals surface area contributed by atoms with Crippen molar-refractivity contribution >= 4 is 5.91 Å². The van der Waals surface area contributed by atoms with Crippen LogP contribution in [0.2, 0.25) is 0 Å². The van der Waals surface area contributed by atoms with Crippen LogP contribution in [0.5, 0.6) is 0 Å². The molecule has 0 aromatic carbocycles. The van der Waals surface area contributed by atoms with Crippen LogP contribution in [0.15, 0.2) is 0 Å². The Kier molecular flexibility index (Phi) is 4.80. The van der Waals surface area contributed by atoms with E-state index in [2.05, 4.69) is 5.32 Å². The van der Waals surface area contributed by atoms with Crippen molar-refractivity contribution < 1.29 is 18.0 Å². The molecule has 0 aromatic rings. The first-order valence-corrected chi connectivity index (χ1v) is 5.89. The third kappa shape index (κ3) is 4.18. The van der Waals surface area contributed by atoms with Gasteiger partial charge in [-0.05, 0) is 19.4 Å². The standard InChI is InChI=1S/C11H19F3N2O/c1-3-8-7-16(5-4-9(8)15-2)10(17)6-11(12,13)14/h8-9,15H,3-7H2,1-2H3. The predicted octanol–water partition coefficient (Wildman–Crippen LogP) is 1.79. The number of amides is 1. The van der Waals surface area contributed by atoms with E-state index in [-0.39, 0.29) is 5.92 Å². The molecule has 0 saturated carbocycles. The minimum Gasteiger partial charge on any atom is -0.342 e. The van der Waals surface area contributed by atoms with Gasteiger partial charge in [0.15, 0.2) is 0 Å². The smallest absolute Gasteiger partial charge is 0.342 e. The van der Waals surface area contributed by atoms with Crippen LogP contribution in [-0.2, 0) is 4.79 Å². The van der Waals surface area contributed by atoms with Crippen LogP contribution >= 0.6 is 0 Å². The first kappa shape index (κ1) is 14.3. The first-order chi connectivity index (χ1) is 7.87. The lowest BCUT2D eigenvalue weighted by Crippen LogP contribution is -2.50. The largest absolute Gasteiger partial charge is 0.397 e. The molecule has 0 bridgehead atoms. The van der Waals surface area contributed by atoms with Crippen molar-refractivity contribution in [1.82, 2.24) is 10.2 Å². The second-order valence-electron chi connectivity index (χ2n) is 4.48. The van der Waals surface area contributed by atoms with E-state index in [1.807, 2.05) is 14.0 Å². The third-order valence-corrected chi connectivity index (χ3v) is 3.33. The zero-order valence-electron chi connectivity index (χ0n) is 10.2. The Labute approximate surface area is 99.4 Å². The molecule has 3 nitrogen and oxygen atoms in total. The number of nitrogens with zero attached hydrogens (tertiary/aromatic N) is 1. The molecule has 0 aliphatic carbocycles. The molecule has 1 saturated heterocycles. The Morgan fingerprint density at radius 2 is 2.12 bits per heavy atom. The van der Waals surface area contributed by atoms with Crippen molar-refractivity contribution in [3.8, 4) is 0 Å². The van der Waals surface area contributed by atoms with Crippen molar-refractivity contribution in [3.63, 3.8) is 0 Å². The van der Waals surface area contributed by atoms with Gasteiger partial charge >= 0.3 is 6.18 Å². The van der Waals surface area contributed by atoms with Crippen molar-refractivity contribution in [2.45, 2.75) is 38.4 Å². The maximum atomic E-state index is 12.1. The summed E-state index contributed by atoms with van der Waals surface area (Å²) in [6.07, 6.45) is -4.16. The number of hydrogen-bond acceptors (Lipinski definition) is 2. The molecular weight excluding hydrogens is 233 g/mol. The van der Waals surface area contributed by atoms with Gasteiger partial charge in [-0.15, -0.1) is 0 Å². The second-order valence-corrected chi connectivity index (χ2v) is 4.48. The lowest BCUT2D eigenvalue weighted by molar-refractivity contribution is -0.162. The van der Waals surface area contributed by atoms with E-state index in [9.17, 15) is 18.0 Å². The Morgan fingerprint density at radius 3 is 2.59 bits per heavy atom. The molecule has 6 heteroatoms. The normalized spacial score (nSPS) is 26.1. The molecule has 1 rings (SSSR count). The van der Waals surface area contributed by atoms with Gasteiger partial charge in [0.1, 0.15) is 6.42 Å². The van der Waals surface area contributed by atoms with Crippen molar-refractivity contribution in [2.24, 2.45) is 5.92 Å². The SMILES string of the molecule is CCC1CN(C(=O)CC(F)(F)F)CCC1NC. The van der Waals surface area contributed by atoms with E-state index in [0.29, 0.717) is 19.1 Å². The first-order valence-electron chi connectivity index (χ1n) is 5.89. The zero-order valence-corrected chi connectivity index (χ0v) is 10.2. The lowest BCUT2D eigenvalue weighted by Gasteiger charge is -2.38. The molecule has 17 heavy (non-hydrogen) atoms. The molecule has 0 spiro atoms.